The van der Waals surface area contributed by atoms with Gasteiger partial charge >= 0.3 is 12.0 Å². The topological polar surface area (TPSA) is 78.9 Å². The van der Waals surface area contributed by atoms with Gasteiger partial charge < -0.3 is 20.1 Å². The first-order valence-corrected chi connectivity index (χ1v) is 5.97. The lowest BCUT2D eigenvalue weighted by atomic mass is 10.2. The number of carboxylic acids is 1. The molecule has 1 aromatic rings. The number of carbonyl (C=O) groups is 2. The van der Waals surface area contributed by atoms with Crippen molar-refractivity contribution in [3.05, 3.63) is 29.6 Å². The minimum absolute atomic E-state index is 0.148. The van der Waals surface area contributed by atoms with Gasteiger partial charge in [-0.2, -0.15) is 0 Å². The molecule has 7 heteroatoms. The summed E-state index contributed by atoms with van der Waals surface area (Å²) in [5.41, 5.74) is 0.797. The molecule has 1 rings (SSSR count). The molecule has 0 fully saturated rings. The molecule has 0 aliphatic rings. The van der Waals surface area contributed by atoms with Crippen molar-refractivity contribution < 1.29 is 23.8 Å². The Balaban J connectivity index is 2.73. The van der Waals surface area contributed by atoms with Crippen molar-refractivity contribution in [2.45, 2.75) is 6.92 Å². The van der Waals surface area contributed by atoms with Crippen LogP contribution in [0.5, 0.6) is 0 Å². The molecule has 20 heavy (non-hydrogen) atoms. The first-order valence-electron chi connectivity index (χ1n) is 5.97. The van der Waals surface area contributed by atoms with Gasteiger partial charge in [0.15, 0.2) is 0 Å². The maximum absolute atomic E-state index is 13.1. The Morgan fingerprint density at radius 3 is 2.70 bits per heavy atom. The smallest absolute Gasteiger partial charge is 0.323 e. The Morgan fingerprint density at radius 1 is 1.45 bits per heavy atom. The van der Waals surface area contributed by atoms with Crippen molar-refractivity contribution in [3.8, 4) is 0 Å². The van der Waals surface area contributed by atoms with Gasteiger partial charge in [-0.1, -0.05) is 0 Å². The van der Waals surface area contributed by atoms with Gasteiger partial charge in [-0.25, -0.2) is 9.18 Å². The number of hydrogen-bond acceptors (Lipinski definition) is 3. The summed E-state index contributed by atoms with van der Waals surface area (Å²) in [5, 5.41) is 11.3. The van der Waals surface area contributed by atoms with Gasteiger partial charge in [0.25, 0.3) is 0 Å². The molecule has 0 aliphatic heterocycles. The van der Waals surface area contributed by atoms with E-state index in [2.05, 4.69) is 5.32 Å². The number of anilines is 1. The number of ether oxygens (including phenoxy) is 1. The third-order valence-electron chi connectivity index (χ3n) is 2.59. The molecule has 0 bridgehead atoms. The second kappa shape index (κ2) is 7.44. The Morgan fingerprint density at radius 2 is 2.15 bits per heavy atom. The van der Waals surface area contributed by atoms with Crippen molar-refractivity contribution >= 4 is 17.7 Å². The summed E-state index contributed by atoms with van der Waals surface area (Å²) in [4.78, 5) is 23.8. The van der Waals surface area contributed by atoms with E-state index in [1.165, 1.54) is 25.3 Å². The Bertz CT molecular complexity index is 493. The molecule has 0 atom stereocenters. The number of hydrogen-bond donors (Lipinski definition) is 2. The average Bonchev–Trinajstić information content (AvgIpc) is 2.38. The summed E-state index contributed by atoms with van der Waals surface area (Å²) in [6, 6.07) is 3.55. The standard InChI is InChI=1S/C13H17FN2O4/c1-9-7-10(3-4-11(9)14)15-13(19)16(5-6-20-2)8-12(17)18/h3-4,7H,5-6,8H2,1-2H3,(H,15,19)(H,17,18). The highest BCUT2D eigenvalue weighted by Gasteiger charge is 2.16. The summed E-state index contributed by atoms with van der Waals surface area (Å²) >= 11 is 0. The Kier molecular flexibility index (Phi) is 5.92. The van der Waals surface area contributed by atoms with Crippen LogP contribution in [0.25, 0.3) is 0 Å². The predicted octanol–water partition coefficient (Wildman–Crippen LogP) is 1.70. The van der Waals surface area contributed by atoms with Crippen molar-refractivity contribution in [3.63, 3.8) is 0 Å². The molecule has 0 unspecified atom stereocenters. The van der Waals surface area contributed by atoms with Crippen LogP contribution in [0.4, 0.5) is 14.9 Å². The second-order valence-corrected chi connectivity index (χ2v) is 4.20. The van der Waals surface area contributed by atoms with E-state index in [0.29, 0.717) is 11.3 Å². The number of aliphatic carboxylic acids is 1. The molecular weight excluding hydrogens is 267 g/mol. The molecule has 0 saturated carbocycles. The molecule has 1 aromatic carbocycles. The van der Waals surface area contributed by atoms with E-state index in [-0.39, 0.29) is 19.0 Å². The monoisotopic (exact) mass is 284 g/mol. The lowest BCUT2D eigenvalue weighted by Gasteiger charge is -2.21. The lowest BCUT2D eigenvalue weighted by Crippen LogP contribution is -2.40. The molecule has 0 radical (unpaired) electrons. The number of nitrogens with one attached hydrogen (secondary N) is 1. The normalized spacial score (nSPS) is 10.2. The zero-order valence-corrected chi connectivity index (χ0v) is 11.4. The highest BCUT2D eigenvalue weighted by atomic mass is 19.1. The molecule has 0 aromatic heterocycles. The van der Waals surface area contributed by atoms with Crippen molar-refractivity contribution in [1.82, 2.24) is 4.90 Å². The fourth-order valence-electron chi connectivity index (χ4n) is 1.54. The van der Waals surface area contributed by atoms with E-state index >= 15 is 0 Å². The second-order valence-electron chi connectivity index (χ2n) is 4.20. The van der Waals surface area contributed by atoms with Crippen LogP contribution in [0.2, 0.25) is 0 Å². The Hall–Kier alpha value is -2.15. The van der Waals surface area contributed by atoms with Crippen molar-refractivity contribution in [2.75, 3.05) is 32.1 Å². The summed E-state index contributed by atoms with van der Waals surface area (Å²) in [6.45, 7) is 1.51. The molecule has 110 valence electrons. The maximum atomic E-state index is 13.1. The van der Waals surface area contributed by atoms with Crippen LogP contribution in [0, 0.1) is 12.7 Å². The van der Waals surface area contributed by atoms with E-state index in [1.807, 2.05) is 0 Å². The van der Waals surface area contributed by atoms with Gasteiger partial charge in [0.2, 0.25) is 0 Å². The van der Waals surface area contributed by atoms with E-state index < -0.39 is 18.5 Å². The van der Waals surface area contributed by atoms with Crippen LogP contribution < -0.4 is 5.32 Å². The molecule has 0 heterocycles. The molecule has 0 aliphatic carbocycles. The zero-order chi connectivity index (χ0) is 15.1. The summed E-state index contributed by atoms with van der Waals surface area (Å²) in [7, 11) is 1.46. The van der Waals surface area contributed by atoms with Gasteiger partial charge in [-0.3, -0.25) is 4.79 Å². The van der Waals surface area contributed by atoms with E-state index in [0.717, 1.165) is 4.90 Å². The fraction of sp³-hybridized carbons (Fsp3) is 0.385. The number of amides is 2. The third kappa shape index (κ3) is 4.85. The first kappa shape index (κ1) is 15.9. The summed E-state index contributed by atoms with van der Waals surface area (Å²) in [5.74, 6) is -1.49. The zero-order valence-electron chi connectivity index (χ0n) is 11.4. The molecule has 6 nitrogen and oxygen atoms in total. The van der Waals surface area contributed by atoms with Gasteiger partial charge in [-0.05, 0) is 30.7 Å². The number of halogens is 1. The van der Waals surface area contributed by atoms with Crippen LogP contribution in [0.1, 0.15) is 5.56 Å². The van der Waals surface area contributed by atoms with Gasteiger partial charge in [0, 0.05) is 19.3 Å². The number of benzene rings is 1. The number of methoxy groups -OCH3 is 1. The van der Waals surface area contributed by atoms with Gasteiger partial charge in [0.05, 0.1) is 6.61 Å². The SMILES string of the molecule is COCCN(CC(=O)O)C(=O)Nc1ccc(F)c(C)c1. The number of nitrogens with zero attached hydrogens (tertiary/aromatic N) is 1. The molecule has 2 amide bonds. The van der Waals surface area contributed by atoms with Gasteiger partial charge in [-0.15, -0.1) is 0 Å². The largest absolute Gasteiger partial charge is 0.480 e. The van der Waals surface area contributed by atoms with Crippen LogP contribution in [0.15, 0.2) is 18.2 Å². The highest BCUT2D eigenvalue weighted by Crippen LogP contribution is 2.14. The lowest BCUT2D eigenvalue weighted by molar-refractivity contribution is -0.137. The molecule has 2 N–H and O–H groups in total. The highest BCUT2D eigenvalue weighted by molar-refractivity contribution is 5.91. The minimum atomic E-state index is -1.12. The maximum Gasteiger partial charge on any atom is 0.323 e. The molecular formula is C13H17FN2O4. The number of aryl methyl sites for hydroxylation is 1. The summed E-state index contributed by atoms with van der Waals surface area (Å²) in [6.07, 6.45) is 0. The third-order valence-corrected chi connectivity index (χ3v) is 2.59. The predicted molar refractivity (Wildman–Crippen MR) is 71.2 cm³/mol. The van der Waals surface area contributed by atoms with Crippen LogP contribution in [0.3, 0.4) is 0 Å². The van der Waals surface area contributed by atoms with Crippen molar-refractivity contribution in [1.29, 1.82) is 0 Å². The van der Waals surface area contributed by atoms with E-state index in [9.17, 15) is 14.0 Å². The minimum Gasteiger partial charge on any atom is -0.480 e. The van der Waals surface area contributed by atoms with Crippen molar-refractivity contribution in [2.24, 2.45) is 0 Å². The number of carboxylic acid groups (broad SMARTS) is 1. The average molecular weight is 284 g/mol. The number of rotatable bonds is 6. The Labute approximate surface area is 116 Å². The van der Waals surface area contributed by atoms with Gasteiger partial charge in [0.1, 0.15) is 12.4 Å². The van der Waals surface area contributed by atoms with Crippen LogP contribution in [-0.2, 0) is 9.53 Å². The number of carbonyl (C=O) groups excluding carboxylic acids is 1. The number of urea groups is 1. The molecule has 0 saturated heterocycles. The van der Waals surface area contributed by atoms with Crippen LogP contribution in [-0.4, -0.2) is 48.8 Å². The van der Waals surface area contributed by atoms with E-state index in [4.69, 9.17) is 9.84 Å². The van der Waals surface area contributed by atoms with E-state index in [1.54, 1.807) is 6.92 Å². The molecule has 0 spiro atoms. The first-order chi connectivity index (χ1) is 9.43. The fourth-order valence-corrected chi connectivity index (χ4v) is 1.54. The summed E-state index contributed by atoms with van der Waals surface area (Å²) < 4.78 is 17.9. The van der Waals surface area contributed by atoms with Crippen LogP contribution >= 0.6 is 0 Å². The quantitative estimate of drug-likeness (QED) is 0.833.